The van der Waals surface area contributed by atoms with Gasteiger partial charge in [-0.15, -0.1) is 0 Å². The summed E-state index contributed by atoms with van der Waals surface area (Å²) in [4.78, 5) is 13.6. The van der Waals surface area contributed by atoms with E-state index in [2.05, 4.69) is 0 Å². The van der Waals surface area contributed by atoms with Crippen molar-refractivity contribution in [2.75, 3.05) is 12.3 Å². The minimum absolute atomic E-state index is 0.0380. The summed E-state index contributed by atoms with van der Waals surface area (Å²) in [6, 6.07) is 1.26. The number of halogens is 4. The zero-order chi connectivity index (χ0) is 19.0. The molecule has 0 aromatic heterocycles. The molecule has 0 radical (unpaired) electrons. The number of anilines is 1. The predicted molar refractivity (Wildman–Crippen MR) is 86.0 cm³/mol. The molecule has 4 nitrogen and oxygen atoms in total. The van der Waals surface area contributed by atoms with E-state index in [4.69, 9.17) is 10.5 Å². The van der Waals surface area contributed by atoms with E-state index in [1.165, 1.54) is 4.90 Å². The zero-order valence-electron chi connectivity index (χ0n) is 14.2. The van der Waals surface area contributed by atoms with Crippen molar-refractivity contribution in [1.29, 1.82) is 0 Å². The van der Waals surface area contributed by atoms with Crippen molar-refractivity contribution in [2.24, 2.45) is 0 Å². The quantitative estimate of drug-likeness (QED) is 0.578. The Morgan fingerprint density at radius 3 is 2.44 bits per heavy atom. The van der Waals surface area contributed by atoms with E-state index >= 15 is 0 Å². The molecule has 0 fully saturated rings. The molecule has 2 rings (SSSR count). The Balaban J connectivity index is 2.43. The molecule has 1 aromatic carbocycles. The van der Waals surface area contributed by atoms with E-state index in [1.807, 2.05) is 0 Å². The van der Waals surface area contributed by atoms with Crippen LogP contribution in [0.5, 0.6) is 0 Å². The summed E-state index contributed by atoms with van der Waals surface area (Å²) >= 11 is 0. The number of allylic oxidation sites excluding steroid dienone is 1. The molecule has 1 aliphatic rings. The first-order valence-corrected chi connectivity index (χ1v) is 7.77. The van der Waals surface area contributed by atoms with E-state index in [1.54, 1.807) is 26.8 Å². The van der Waals surface area contributed by atoms with Gasteiger partial charge < -0.3 is 10.5 Å². The summed E-state index contributed by atoms with van der Waals surface area (Å²) in [5.74, 6) is -1.44. The highest BCUT2D eigenvalue weighted by Crippen LogP contribution is 2.37. The molecule has 2 N–H and O–H groups in total. The van der Waals surface area contributed by atoms with Crippen molar-refractivity contribution >= 4 is 17.5 Å². The first-order valence-electron chi connectivity index (χ1n) is 7.77. The van der Waals surface area contributed by atoms with Gasteiger partial charge in [0, 0.05) is 17.8 Å². The molecule has 8 heteroatoms. The number of rotatable bonds is 1. The fourth-order valence-corrected chi connectivity index (χ4v) is 2.51. The number of nitrogens with zero attached hydrogens (tertiary/aromatic N) is 1. The lowest BCUT2D eigenvalue weighted by atomic mass is 10.0. The Hall–Kier alpha value is -2.25. The van der Waals surface area contributed by atoms with Crippen LogP contribution in [0.25, 0.3) is 5.70 Å². The summed E-state index contributed by atoms with van der Waals surface area (Å²) in [6.45, 7) is 5.40. The molecule has 0 saturated carbocycles. The van der Waals surface area contributed by atoms with Gasteiger partial charge in [0.15, 0.2) is 0 Å². The van der Waals surface area contributed by atoms with Crippen LogP contribution in [-0.4, -0.2) is 23.1 Å². The topological polar surface area (TPSA) is 55.6 Å². The number of amides is 1. The smallest absolute Gasteiger partial charge is 0.419 e. The molecule has 138 valence electrons. The van der Waals surface area contributed by atoms with Crippen LogP contribution >= 0.6 is 0 Å². The van der Waals surface area contributed by atoms with Gasteiger partial charge in [-0.25, -0.2) is 9.18 Å². The van der Waals surface area contributed by atoms with Crippen LogP contribution in [0.2, 0.25) is 0 Å². The second-order valence-electron chi connectivity index (χ2n) is 6.78. The average molecular weight is 360 g/mol. The van der Waals surface area contributed by atoms with Crippen molar-refractivity contribution in [1.82, 2.24) is 4.90 Å². The monoisotopic (exact) mass is 360 g/mol. The molecule has 0 saturated heterocycles. The van der Waals surface area contributed by atoms with Gasteiger partial charge in [-0.3, -0.25) is 4.90 Å². The first-order chi connectivity index (χ1) is 11.4. The first kappa shape index (κ1) is 19.1. The highest BCUT2D eigenvalue weighted by molar-refractivity contribution is 5.86. The molecular formula is C17H20F4N2O2. The van der Waals surface area contributed by atoms with Crippen molar-refractivity contribution in [3.63, 3.8) is 0 Å². The summed E-state index contributed by atoms with van der Waals surface area (Å²) < 4.78 is 57.6. The van der Waals surface area contributed by atoms with Crippen LogP contribution in [0.1, 0.15) is 44.7 Å². The molecule has 1 heterocycles. The van der Waals surface area contributed by atoms with Gasteiger partial charge in [-0.1, -0.05) is 6.08 Å². The van der Waals surface area contributed by atoms with Gasteiger partial charge >= 0.3 is 12.3 Å². The maximum atomic E-state index is 13.9. The fraction of sp³-hybridized carbons (Fsp3) is 0.471. The Morgan fingerprint density at radius 2 is 1.88 bits per heavy atom. The van der Waals surface area contributed by atoms with Crippen molar-refractivity contribution in [3.05, 3.63) is 35.2 Å². The third kappa shape index (κ3) is 4.43. The number of ether oxygens (including phenoxy) is 1. The summed E-state index contributed by atoms with van der Waals surface area (Å²) in [5.41, 5.74) is 3.58. The molecule has 1 amide bonds. The number of alkyl halides is 3. The third-order valence-electron chi connectivity index (χ3n) is 3.55. The zero-order valence-corrected chi connectivity index (χ0v) is 14.2. The van der Waals surface area contributed by atoms with Crippen molar-refractivity contribution in [3.8, 4) is 0 Å². The number of hydrogen-bond donors (Lipinski definition) is 1. The molecule has 0 unspecified atom stereocenters. The van der Waals surface area contributed by atoms with Crippen LogP contribution in [0.15, 0.2) is 18.2 Å². The van der Waals surface area contributed by atoms with Gasteiger partial charge in [-0.05, 0) is 45.7 Å². The fourth-order valence-electron chi connectivity index (χ4n) is 2.51. The molecule has 0 bridgehead atoms. The molecule has 0 aliphatic carbocycles. The molecular weight excluding hydrogens is 340 g/mol. The number of carbonyl (C=O) groups excluding carboxylic acids is 1. The van der Waals surface area contributed by atoms with Crippen LogP contribution in [0, 0.1) is 5.82 Å². The Morgan fingerprint density at radius 1 is 1.24 bits per heavy atom. The minimum Gasteiger partial charge on any atom is -0.443 e. The number of carbonyl (C=O) groups is 1. The lowest BCUT2D eigenvalue weighted by Gasteiger charge is -2.32. The average Bonchev–Trinajstić information content (AvgIpc) is 2.46. The lowest BCUT2D eigenvalue weighted by Crippen LogP contribution is -2.37. The standard InChI is InChI=1S/C17H20F4N2O2/c1-16(2,3)25-15(24)23-7-5-4-6-14(23)10-8-12(18)11(9-13(10)22)17(19,20)21/h6,8-9H,4-5,7,22H2,1-3H3. The highest BCUT2D eigenvalue weighted by atomic mass is 19.4. The Labute approximate surface area is 143 Å². The SMILES string of the molecule is CC(C)(C)OC(=O)N1CCCC=C1c1cc(F)c(C(F)(F)F)cc1N. The minimum atomic E-state index is -4.84. The van der Waals surface area contributed by atoms with Crippen LogP contribution < -0.4 is 5.73 Å². The number of hydrogen-bond acceptors (Lipinski definition) is 3. The molecule has 0 spiro atoms. The second kappa shape index (κ2) is 6.57. The largest absolute Gasteiger partial charge is 0.443 e. The van der Waals surface area contributed by atoms with Gasteiger partial charge in [-0.2, -0.15) is 13.2 Å². The van der Waals surface area contributed by atoms with Crippen molar-refractivity contribution in [2.45, 2.75) is 45.4 Å². The normalized spacial score (nSPS) is 15.8. The number of benzene rings is 1. The van der Waals surface area contributed by atoms with Gasteiger partial charge in [0.2, 0.25) is 0 Å². The highest BCUT2D eigenvalue weighted by Gasteiger charge is 2.36. The summed E-state index contributed by atoms with van der Waals surface area (Å²) in [7, 11) is 0. The third-order valence-corrected chi connectivity index (χ3v) is 3.55. The molecule has 1 aliphatic heterocycles. The van der Waals surface area contributed by atoms with E-state index < -0.39 is 29.3 Å². The van der Waals surface area contributed by atoms with Crippen LogP contribution in [-0.2, 0) is 10.9 Å². The maximum absolute atomic E-state index is 13.9. The van der Waals surface area contributed by atoms with E-state index in [0.29, 0.717) is 31.5 Å². The van der Waals surface area contributed by atoms with Crippen LogP contribution in [0.3, 0.4) is 0 Å². The van der Waals surface area contributed by atoms with Crippen molar-refractivity contribution < 1.29 is 27.1 Å². The maximum Gasteiger partial charge on any atom is 0.419 e. The Kier molecular flexibility index (Phi) is 5.02. The van der Waals surface area contributed by atoms with E-state index in [-0.39, 0.29) is 16.9 Å². The van der Waals surface area contributed by atoms with E-state index in [0.717, 1.165) is 0 Å². The second-order valence-corrected chi connectivity index (χ2v) is 6.78. The predicted octanol–water partition coefficient (Wildman–Crippen LogP) is 4.80. The van der Waals surface area contributed by atoms with Gasteiger partial charge in [0.05, 0.1) is 11.3 Å². The van der Waals surface area contributed by atoms with Gasteiger partial charge in [0.25, 0.3) is 0 Å². The molecule has 0 atom stereocenters. The van der Waals surface area contributed by atoms with Gasteiger partial charge in [0.1, 0.15) is 11.4 Å². The Bertz CT molecular complexity index is 706. The summed E-state index contributed by atoms with van der Waals surface area (Å²) in [6.07, 6.45) is -2.60. The summed E-state index contributed by atoms with van der Waals surface area (Å²) in [5, 5.41) is 0. The molecule has 1 aromatic rings. The number of nitrogen functional groups attached to an aromatic ring is 1. The molecule has 25 heavy (non-hydrogen) atoms. The lowest BCUT2D eigenvalue weighted by molar-refractivity contribution is -0.139. The van der Waals surface area contributed by atoms with Crippen LogP contribution in [0.4, 0.5) is 28.0 Å². The number of nitrogens with two attached hydrogens (primary N) is 1. The van der Waals surface area contributed by atoms with E-state index in [9.17, 15) is 22.4 Å².